The summed E-state index contributed by atoms with van der Waals surface area (Å²) in [6, 6.07) is 7.15. The molecule has 2 nitrogen and oxygen atoms in total. The predicted octanol–water partition coefficient (Wildman–Crippen LogP) is 4.94. The van der Waals surface area contributed by atoms with Gasteiger partial charge in [-0.25, -0.2) is 0 Å². The molecule has 0 spiro atoms. The zero-order valence-electron chi connectivity index (χ0n) is 9.58. The quantitative estimate of drug-likeness (QED) is 0.851. The highest BCUT2D eigenvalue weighted by Crippen LogP contribution is 2.38. The topological polar surface area (TPSA) is 33.4 Å². The van der Waals surface area contributed by atoms with Gasteiger partial charge in [-0.15, -0.1) is 0 Å². The van der Waals surface area contributed by atoms with Crippen LogP contribution in [0.4, 0.5) is 0 Å². The maximum atomic E-state index is 9.31. The van der Waals surface area contributed by atoms with Gasteiger partial charge in [-0.1, -0.05) is 39.1 Å². The van der Waals surface area contributed by atoms with E-state index in [9.17, 15) is 5.11 Å². The van der Waals surface area contributed by atoms with Crippen molar-refractivity contribution in [2.75, 3.05) is 0 Å². The third-order valence-electron chi connectivity index (χ3n) is 2.41. The third-order valence-corrected chi connectivity index (χ3v) is 3.47. The summed E-state index contributed by atoms with van der Waals surface area (Å²) in [7, 11) is 0. The lowest BCUT2D eigenvalue weighted by molar-refractivity contribution is 0.187. The maximum absolute atomic E-state index is 9.31. The van der Waals surface area contributed by atoms with Crippen LogP contribution in [0.5, 0.6) is 0 Å². The molecule has 5 heteroatoms. The van der Waals surface area contributed by atoms with Gasteiger partial charge >= 0.3 is 0 Å². The molecule has 1 heterocycles. The van der Waals surface area contributed by atoms with Crippen molar-refractivity contribution in [2.45, 2.75) is 19.4 Å². The van der Waals surface area contributed by atoms with E-state index in [1.807, 2.05) is 6.07 Å². The van der Waals surface area contributed by atoms with Crippen LogP contribution in [-0.4, -0.2) is 11.2 Å². The first-order chi connectivity index (χ1) is 8.47. The molecule has 2 aromatic rings. The van der Waals surface area contributed by atoms with E-state index in [4.69, 9.17) is 27.6 Å². The average molecular weight is 350 g/mol. The SMILES string of the molecule is CC(O)Cc1ccc(-c2c(Cl)cc(Br)cc2Cl)o1. The van der Waals surface area contributed by atoms with Crippen LogP contribution in [0.1, 0.15) is 12.7 Å². The van der Waals surface area contributed by atoms with Gasteiger partial charge in [-0.2, -0.15) is 0 Å². The van der Waals surface area contributed by atoms with E-state index >= 15 is 0 Å². The summed E-state index contributed by atoms with van der Waals surface area (Å²) in [6.45, 7) is 1.71. The van der Waals surface area contributed by atoms with Crippen molar-refractivity contribution >= 4 is 39.1 Å². The van der Waals surface area contributed by atoms with Gasteiger partial charge in [0.1, 0.15) is 11.5 Å². The highest BCUT2D eigenvalue weighted by atomic mass is 79.9. The van der Waals surface area contributed by atoms with Gasteiger partial charge in [-0.05, 0) is 31.2 Å². The molecular formula is C13H11BrCl2O2. The fraction of sp³-hybridized carbons (Fsp3) is 0.231. The van der Waals surface area contributed by atoms with Crippen LogP contribution in [0, 0.1) is 0 Å². The molecule has 18 heavy (non-hydrogen) atoms. The van der Waals surface area contributed by atoms with Gasteiger partial charge in [0.2, 0.25) is 0 Å². The lowest BCUT2D eigenvalue weighted by Crippen LogP contribution is -2.02. The van der Waals surface area contributed by atoms with E-state index in [1.54, 1.807) is 25.1 Å². The van der Waals surface area contributed by atoms with Crippen molar-refractivity contribution < 1.29 is 9.52 Å². The molecule has 0 aliphatic heterocycles. The van der Waals surface area contributed by atoms with E-state index in [0.717, 1.165) is 4.47 Å². The molecule has 0 aliphatic rings. The van der Waals surface area contributed by atoms with Crippen LogP contribution < -0.4 is 0 Å². The Morgan fingerprint density at radius 2 is 1.89 bits per heavy atom. The van der Waals surface area contributed by atoms with Crippen molar-refractivity contribution in [1.29, 1.82) is 0 Å². The molecule has 96 valence electrons. The minimum absolute atomic E-state index is 0.445. The Labute approximate surface area is 124 Å². The third kappa shape index (κ3) is 3.09. The Morgan fingerprint density at radius 1 is 1.28 bits per heavy atom. The molecule has 1 atom stereocenters. The standard InChI is InChI=1S/C13H11BrCl2O2/c1-7(17)4-9-2-3-12(18-9)13-10(15)5-8(14)6-11(13)16/h2-3,5-7,17H,4H2,1H3. The molecule has 0 saturated heterocycles. The lowest BCUT2D eigenvalue weighted by Gasteiger charge is -2.05. The minimum Gasteiger partial charge on any atom is -0.461 e. The molecular weight excluding hydrogens is 339 g/mol. The maximum Gasteiger partial charge on any atom is 0.137 e. The Bertz CT molecular complexity index is 541. The fourth-order valence-corrected chi connectivity index (χ4v) is 3.09. The number of hydrogen-bond donors (Lipinski definition) is 1. The fourth-order valence-electron chi connectivity index (χ4n) is 1.69. The predicted molar refractivity (Wildman–Crippen MR) is 77.2 cm³/mol. The Hall–Kier alpha value is -0.480. The largest absolute Gasteiger partial charge is 0.461 e. The summed E-state index contributed by atoms with van der Waals surface area (Å²) in [5, 5.41) is 10.4. The number of benzene rings is 1. The number of aliphatic hydroxyl groups is 1. The smallest absolute Gasteiger partial charge is 0.137 e. The molecule has 0 aliphatic carbocycles. The molecule has 0 fully saturated rings. The number of hydrogen-bond acceptors (Lipinski definition) is 2. The number of aliphatic hydroxyl groups excluding tert-OH is 1. The lowest BCUT2D eigenvalue weighted by atomic mass is 10.2. The first-order valence-electron chi connectivity index (χ1n) is 5.39. The first-order valence-corrected chi connectivity index (χ1v) is 6.94. The second-order valence-corrected chi connectivity index (χ2v) is 5.79. The van der Waals surface area contributed by atoms with Crippen molar-refractivity contribution in [1.82, 2.24) is 0 Å². The summed E-state index contributed by atoms with van der Waals surface area (Å²) in [5.41, 5.74) is 0.665. The Morgan fingerprint density at radius 3 is 2.44 bits per heavy atom. The summed E-state index contributed by atoms with van der Waals surface area (Å²) in [4.78, 5) is 0. The van der Waals surface area contributed by atoms with Gasteiger partial charge in [0, 0.05) is 10.9 Å². The van der Waals surface area contributed by atoms with Gasteiger partial charge in [0.25, 0.3) is 0 Å². The molecule has 0 amide bonds. The number of halogens is 3. The van der Waals surface area contributed by atoms with Crippen LogP contribution in [0.15, 0.2) is 33.2 Å². The molecule has 0 saturated carbocycles. The monoisotopic (exact) mass is 348 g/mol. The number of rotatable bonds is 3. The molecule has 0 radical (unpaired) electrons. The summed E-state index contributed by atoms with van der Waals surface area (Å²) >= 11 is 15.6. The normalized spacial score (nSPS) is 12.7. The van der Waals surface area contributed by atoms with Crippen LogP contribution in [0.2, 0.25) is 10.0 Å². The average Bonchev–Trinajstić information content (AvgIpc) is 2.63. The second kappa shape index (κ2) is 5.66. The Kier molecular flexibility index (Phi) is 4.38. The van der Waals surface area contributed by atoms with E-state index < -0.39 is 6.10 Å². The van der Waals surface area contributed by atoms with Gasteiger partial charge in [0.15, 0.2) is 0 Å². The van der Waals surface area contributed by atoms with Crippen molar-refractivity contribution in [3.63, 3.8) is 0 Å². The molecule has 1 aromatic carbocycles. The van der Waals surface area contributed by atoms with Crippen molar-refractivity contribution in [3.05, 3.63) is 44.5 Å². The van der Waals surface area contributed by atoms with E-state index in [-0.39, 0.29) is 0 Å². The Balaban J connectivity index is 2.40. The molecule has 1 aromatic heterocycles. The van der Waals surface area contributed by atoms with Gasteiger partial charge in [-0.3, -0.25) is 0 Å². The van der Waals surface area contributed by atoms with Crippen LogP contribution >= 0.6 is 39.1 Å². The van der Waals surface area contributed by atoms with Crippen molar-refractivity contribution in [3.8, 4) is 11.3 Å². The second-order valence-electron chi connectivity index (χ2n) is 4.06. The molecule has 1 N–H and O–H groups in total. The van der Waals surface area contributed by atoms with Gasteiger partial charge < -0.3 is 9.52 Å². The summed E-state index contributed by atoms with van der Waals surface area (Å²) < 4.78 is 6.45. The van der Waals surface area contributed by atoms with E-state index in [2.05, 4.69) is 15.9 Å². The van der Waals surface area contributed by atoms with E-state index in [0.29, 0.717) is 33.6 Å². The van der Waals surface area contributed by atoms with Crippen LogP contribution in [0.25, 0.3) is 11.3 Å². The van der Waals surface area contributed by atoms with Crippen LogP contribution in [0.3, 0.4) is 0 Å². The zero-order chi connectivity index (χ0) is 13.3. The molecule has 2 rings (SSSR count). The molecule has 1 unspecified atom stereocenters. The minimum atomic E-state index is -0.445. The first kappa shape index (κ1) is 13.9. The molecule has 0 bridgehead atoms. The van der Waals surface area contributed by atoms with Crippen LogP contribution in [-0.2, 0) is 6.42 Å². The highest BCUT2D eigenvalue weighted by molar-refractivity contribution is 9.10. The van der Waals surface area contributed by atoms with Gasteiger partial charge in [0.05, 0.1) is 21.7 Å². The summed E-state index contributed by atoms with van der Waals surface area (Å²) in [5.74, 6) is 1.31. The van der Waals surface area contributed by atoms with E-state index in [1.165, 1.54) is 0 Å². The zero-order valence-corrected chi connectivity index (χ0v) is 12.7. The van der Waals surface area contributed by atoms with Crippen molar-refractivity contribution in [2.24, 2.45) is 0 Å². The highest BCUT2D eigenvalue weighted by Gasteiger charge is 2.14. The number of furan rings is 1. The summed E-state index contributed by atoms with van der Waals surface area (Å²) in [6.07, 6.45) is 0.0195.